The number of carbonyl (C=O) groups is 3. The Kier molecular flexibility index (Phi) is 5.46. The van der Waals surface area contributed by atoms with E-state index in [1.165, 1.54) is 13.0 Å². The first kappa shape index (κ1) is 15.4. The third-order valence-corrected chi connectivity index (χ3v) is 2.32. The fourth-order valence-corrected chi connectivity index (χ4v) is 1.36. The van der Waals surface area contributed by atoms with E-state index in [9.17, 15) is 14.4 Å². The Hall–Kier alpha value is -2.63. The van der Waals surface area contributed by atoms with E-state index in [1.807, 2.05) is 0 Å². The summed E-state index contributed by atoms with van der Waals surface area (Å²) < 4.78 is 14.2. The Bertz CT molecular complexity index is 559. The maximum absolute atomic E-state index is 11.5. The van der Waals surface area contributed by atoms with Gasteiger partial charge in [-0.3, -0.25) is 4.79 Å². The van der Waals surface area contributed by atoms with Gasteiger partial charge < -0.3 is 14.2 Å². The second kappa shape index (κ2) is 7.08. The second-order valence-corrected chi connectivity index (χ2v) is 3.68. The van der Waals surface area contributed by atoms with Crippen LogP contribution in [0.4, 0.5) is 0 Å². The van der Waals surface area contributed by atoms with Crippen LogP contribution in [0.5, 0.6) is 5.75 Å². The van der Waals surface area contributed by atoms with Crippen molar-refractivity contribution in [3.8, 4) is 5.75 Å². The first-order valence-electron chi connectivity index (χ1n) is 5.65. The lowest BCUT2D eigenvalue weighted by Gasteiger charge is -2.10. The highest BCUT2D eigenvalue weighted by Gasteiger charge is 2.17. The first-order valence-corrected chi connectivity index (χ1v) is 5.65. The van der Waals surface area contributed by atoms with Crippen molar-refractivity contribution in [3.63, 3.8) is 0 Å². The van der Waals surface area contributed by atoms with E-state index in [-0.39, 0.29) is 22.9 Å². The van der Waals surface area contributed by atoms with Crippen molar-refractivity contribution in [2.24, 2.45) is 0 Å². The molecular weight excluding hydrogens is 264 g/mol. The molecule has 0 radical (unpaired) electrons. The number of benzene rings is 1. The molecule has 0 aliphatic heterocycles. The number of hydrogen-bond acceptors (Lipinski definition) is 6. The van der Waals surface area contributed by atoms with Crippen LogP contribution in [0, 0.1) is 0 Å². The maximum atomic E-state index is 11.5. The number of rotatable bonds is 5. The SMILES string of the molecule is COC(=O)C=C(Oc1ccccc1C(C)=O)C(=O)OC. The molecule has 6 heteroatoms. The molecule has 20 heavy (non-hydrogen) atoms. The van der Waals surface area contributed by atoms with Crippen LogP contribution in [-0.2, 0) is 19.1 Å². The van der Waals surface area contributed by atoms with Gasteiger partial charge in [0.1, 0.15) is 5.75 Å². The molecule has 0 saturated carbocycles. The number of Topliss-reactive ketones (excluding diaryl/α,β-unsaturated/α-hetero) is 1. The normalized spacial score (nSPS) is 10.7. The molecule has 0 N–H and O–H groups in total. The van der Waals surface area contributed by atoms with E-state index in [4.69, 9.17) is 4.74 Å². The summed E-state index contributed by atoms with van der Waals surface area (Å²) in [5.41, 5.74) is 0.284. The zero-order valence-corrected chi connectivity index (χ0v) is 11.3. The van der Waals surface area contributed by atoms with Gasteiger partial charge in [-0.25, -0.2) is 9.59 Å². The van der Waals surface area contributed by atoms with Gasteiger partial charge in [0.2, 0.25) is 5.76 Å². The molecule has 1 aromatic rings. The van der Waals surface area contributed by atoms with Crippen molar-refractivity contribution in [2.45, 2.75) is 6.92 Å². The third-order valence-electron chi connectivity index (χ3n) is 2.32. The van der Waals surface area contributed by atoms with Crippen molar-refractivity contribution in [2.75, 3.05) is 14.2 Å². The Morgan fingerprint density at radius 1 is 1.05 bits per heavy atom. The predicted octanol–water partition coefficient (Wildman–Crippen LogP) is 1.50. The molecule has 0 aromatic heterocycles. The summed E-state index contributed by atoms with van der Waals surface area (Å²) in [5.74, 6) is -2.07. The van der Waals surface area contributed by atoms with E-state index in [0.717, 1.165) is 20.3 Å². The number of ether oxygens (including phenoxy) is 3. The monoisotopic (exact) mass is 278 g/mol. The van der Waals surface area contributed by atoms with Gasteiger partial charge in [0.25, 0.3) is 0 Å². The van der Waals surface area contributed by atoms with Crippen LogP contribution in [0.25, 0.3) is 0 Å². The van der Waals surface area contributed by atoms with Crippen LogP contribution in [0.1, 0.15) is 17.3 Å². The molecule has 0 heterocycles. The Balaban J connectivity index is 3.14. The lowest BCUT2D eigenvalue weighted by Crippen LogP contribution is -2.14. The molecular formula is C14H14O6. The highest BCUT2D eigenvalue weighted by molar-refractivity contribution is 5.98. The van der Waals surface area contributed by atoms with Crippen molar-refractivity contribution in [1.29, 1.82) is 0 Å². The van der Waals surface area contributed by atoms with E-state index in [1.54, 1.807) is 18.2 Å². The van der Waals surface area contributed by atoms with Gasteiger partial charge in [-0.15, -0.1) is 0 Å². The summed E-state index contributed by atoms with van der Waals surface area (Å²) in [5, 5.41) is 0. The zero-order valence-electron chi connectivity index (χ0n) is 11.3. The maximum Gasteiger partial charge on any atom is 0.374 e. The first-order chi connectivity index (χ1) is 9.49. The third kappa shape index (κ3) is 3.94. The minimum absolute atomic E-state index is 0.153. The molecule has 0 bridgehead atoms. The highest BCUT2D eigenvalue weighted by Crippen LogP contribution is 2.21. The van der Waals surface area contributed by atoms with Crippen LogP contribution < -0.4 is 4.74 Å². The number of methoxy groups -OCH3 is 2. The minimum Gasteiger partial charge on any atom is -0.466 e. The molecule has 0 amide bonds. The van der Waals surface area contributed by atoms with Crippen molar-refractivity contribution < 1.29 is 28.6 Å². The summed E-state index contributed by atoms with van der Waals surface area (Å²) in [6.07, 6.45) is 0.850. The van der Waals surface area contributed by atoms with Crippen molar-refractivity contribution in [3.05, 3.63) is 41.7 Å². The number of hydrogen-bond donors (Lipinski definition) is 0. The van der Waals surface area contributed by atoms with Crippen molar-refractivity contribution in [1.82, 2.24) is 0 Å². The zero-order chi connectivity index (χ0) is 15.1. The average Bonchev–Trinajstić information content (AvgIpc) is 2.45. The van der Waals surface area contributed by atoms with Gasteiger partial charge in [0.15, 0.2) is 5.78 Å². The lowest BCUT2D eigenvalue weighted by molar-refractivity contribution is -0.140. The summed E-state index contributed by atoms with van der Waals surface area (Å²) in [6.45, 7) is 1.37. The fraction of sp³-hybridized carbons (Fsp3) is 0.214. The summed E-state index contributed by atoms with van der Waals surface area (Å²) in [7, 11) is 2.31. The summed E-state index contributed by atoms with van der Waals surface area (Å²) in [4.78, 5) is 34.2. The summed E-state index contributed by atoms with van der Waals surface area (Å²) in [6, 6.07) is 6.34. The lowest BCUT2D eigenvalue weighted by atomic mass is 10.1. The van der Waals surface area contributed by atoms with Crippen LogP contribution in [-0.4, -0.2) is 31.9 Å². The van der Waals surface area contributed by atoms with E-state index >= 15 is 0 Å². The molecule has 0 fully saturated rings. The number of para-hydroxylation sites is 1. The largest absolute Gasteiger partial charge is 0.466 e. The number of esters is 2. The molecule has 6 nitrogen and oxygen atoms in total. The van der Waals surface area contributed by atoms with E-state index in [0.29, 0.717) is 0 Å². The van der Waals surface area contributed by atoms with Crippen LogP contribution in [0.3, 0.4) is 0 Å². The van der Waals surface area contributed by atoms with Gasteiger partial charge in [-0.1, -0.05) is 12.1 Å². The Morgan fingerprint density at radius 2 is 1.70 bits per heavy atom. The molecule has 0 unspecified atom stereocenters. The molecule has 1 rings (SSSR count). The summed E-state index contributed by atoms with van der Waals surface area (Å²) >= 11 is 0. The van der Waals surface area contributed by atoms with Gasteiger partial charge >= 0.3 is 11.9 Å². The molecule has 0 aliphatic carbocycles. The predicted molar refractivity (Wildman–Crippen MR) is 69.2 cm³/mol. The van der Waals surface area contributed by atoms with Gasteiger partial charge in [0.05, 0.1) is 25.9 Å². The van der Waals surface area contributed by atoms with Crippen LogP contribution >= 0.6 is 0 Å². The molecule has 0 saturated heterocycles. The minimum atomic E-state index is -0.853. The molecule has 0 aliphatic rings. The molecule has 106 valence electrons. The average molecular weight is 278 g/mol. The molecule has 0 atom stereocenters. The second-order valence-electron chi connectivity index (χ2n) is 3.68. The van der Waals surface area contributed by atoms with E-state index < -0.39 is 11.9 Å². The van der Waals surface area contributed by atoms with Gasteiger partial charge in [-0.05, 0) is 19.1 Å². The Labute approximate surface area is 115 Å². The van der Waals surface area contributed by atoms with Gasteiger partial charge in [-0.2, -0.15) is 0 Å². The fourth-order valence-electron chi connectivity index (χ4n) is 1.36. The van der Waals surface area contributed by atoms with Crippen LogP contribution in [0.2, 0.25) is 0 Å². The highest BCUT2D eigenvalue weighted by atomic mass is 16.6. The molecule has 1 aromatic carbocycles. The number of ketones is 1. The quantitative estimate of drug-likeness (QED) is 0.351. The topological polar surface area (TPSA) is 78.9 Å². The Morgan fingerprint density at radius 3 is 2.25 bits per heavy atom. The van der Waals surface area contributed by atoms with Crippen LogP contribution in [0.15, 0.2) is 36.1 Å². The smallest absolute Gasteiger partial charge is 0.374 e. The van der Waals surface area contributed by atoms with E-state index in [2.05, 4.69) is 9.47 Å². The van der Waals surface area contributed by atoms with Crippen molar-refractivity contribution >= 4 is 17.7 Å². The van der Waals surface area contributed by atoms with Gasteiger partial charge in [0, 0.05) is 0 Å². The standard InChI is InChI=1S/C14H14O6/c1-9(15)10-6-4-5-7-11(10)20-12(14(17)19-3)8-13(16)18-2/h4-8H,1-3H3. The number of carbonyl (C=O) groups excluding carboxylic acids is 3. The molecule has 0 spiro atoms.